The number of aromatic nitrogens is 7. The monoisotopic (exact) mass is 536 g/mol. The van der Waals surface area contributed by atoms with Gasteiger partial charge in [0, 0.05) is 46.2 Å². The molecule has 5 heterocycles. The highest BCUT2D eigenvalue weighted by Gasteiger charge is 2.18. The van der Waals surface area contributed by atoms with Gasteiger partial charge in [-0.15, -0.1) is 0 Å². The molecule has 0 saturated carbocycles. The first kappa shape index (κ1) is 24.7. The highest BCUT2D eigenvalue weighted by molar-refractivity contribution is 6.30. The third-order valence-corrected chi connectivity index (χ3v) is 7.16. The van der Waals surface area contributed by atoms with Crippen molar-refractivity contribution < 1.29 is 4.79 Å². The smallest absolute Gasteiger partial charge is 0.227 e. The number of hydrogen-bond acceptors (Lipinski definition) is 6. The Balaban J connectivity index is 1.37. The lowest BCUT2D eigenvalue weighted by Crippen LogP contribution is -2.24. The number of imidazole rings is 1. The summed E-state index contributed by atoms with van der Waals surface area (Å²) in [6.45, 7) is 5.97. The Morgan fingerprint density at radius 1 is 0.949 bits per heavy atom. The fourth-order valence-corrected chi connectivity index (χ4v) is 4.57. The SMILES string of the molecule is CC(C)C(C)C(=O)Nc1cncc(-c2cnc3n[nH]c(-c4nc5c(-c6cccc(Cl)c6)cncc5[nH]4)c3c2)c1. The molecule has 0 saturated heterocycles. The van der Waals surface area contributed by atoms with Gasteiger partial charge in [-0.2, -0.15) is 5.10 Å². The Morgan fingerprint density at radius 3 is 2.59 bits per heavy atom. The van der Waals surface area contributed by atoms with E-state index in [2.05, 4.69) is 35.5 Å². The van der Waals surface area contributed by atoms with Gasteiger partial charge in [0.15, 0.2) is 11.5 Å². The maximum atomic E-state index is 12.6. The lowest BCUT2D eigenvalue weighted by atomic mass is 9.97. The summed E-state index contributed by atoms with van der Waals surface area (Å²) in [5.74, 6) is 0.706. The van der Waals surface area contributed by atoms with Crippen molar-refractivity contribution >= 4 is 45.3 Å². The van der Waals surface area contributed by atoms with E-state index in [1.807, 2.05) is 57.2 Å². The molecule has 10 heteroatoms. The highest BCUT2D eigenvalue weighted by atomic mass is 35.5. The van der Waals surface area contributed by atoms with Crippen molar-refractivity contribution in [2.45, 2.75) is 20.8 Å². The van der Waals surface area contributed by atoms with E-state index in [4.69, 9.17) is 16.6 Å². The zero-order chi connectivity index (χ0) is 27.1. The first-order valence-electron chi connectivity index (χ1n) is 12.6. The number of aromatic amines is 2. The molecule has 39 heavy (non-hydrogen) atoms. The van der Waals surface area contributed by atoms with Crippen LogP contribution in [0.15, 0.2) is 67.4 Å². The summed E-state index contributed by atoms with van der Waals surface area (Å²) in [5, 5.41) is 11.9. The normalized spacial score (nSPS) is 12.3. The van der Waals surface area contributed by atoms with Crippen LogP contribution in [-0.2, 0) is 4.79 Å². The summed E-state index contributed by atoms with van der Waals surface area (Å²) in [7, 11) is 0. The number of nitrogens with zero attached hydrogens (tertiary/aromatic N) is 5. The molecule has 1 unspecified atom stereocenters. The molecule has 9 nitrogen and oxygen atoms in total. The molecular weight excluding hydrogens is 512 g/mol. The van der Waals surface area contributed by atoms with E-state index in [1.165, 1.54) is 0 Å². The fourth-order valence-electron chi connectivity index (χ4n) is 4.38. The van der Waals surface area contributed by atoms with E-state index in [9.17, 15) is 4.79 Å². The van der Waals surface area contributed by atoms with Crippen LogP contribution in [0.2, 0.25) is 5.02 Å². The second-order valence-electron chi connectivity index (χ2n) is 9.86. The van der Waals surface area contributed by atoms with Crippen LogP contribution in [0.25, 0.3) is 55.8 Å². The standard InChI is InChI=1S/C29H25ClN8O/c1-15(2)16(3)29(39)34-21-8-18(10-31-12-21)19-9-22-26(37-38-27(22)33-11-19)28-35-24-14-32-13-23(25(24)36-28)17-5-4-6-20(30)7-17/h4-16H,1-3H3,(H,34,39)(H,35,36)(H,33,37,38). The third kappa shape index (κ3) is 4.72. The Labute approximate surface area is 229 Å². The average Bonchev–Trinajstić information content (AvgIpc) is 3.56. The van der Waals surface area contributed by atoms with Crippen LogP contribution in [0.3, 0.4) is 0 Å². The van der Waals surface area contributed by atoms with Crippen LogP contribution < -0.4 is 5.32 Å². The molecule has 1 amide bonds. The lowest BCUT2D eigenvalue weighted by Gasteiger charge is -2.15. The molecule has 0 aliphatic rings. The zero-order valence-corrected chi connectivity index (χ0v) is 22.3. The number of carbonyl (C=O) groups is 1. The highest BCUT2D eigenvalue weighted by Crippen LogP contribution is 2.33. The van der Waals surface area contributed by atoms with Crippen LogP contribution in [0.5, 0.6) is 0 Å². The van der Waals surface area contributed by atoms with Crippen molar-refractivity contribution in [3.8, 4) is 33.8 Å². The van der Waals surface area contributed by atoms with Crippen molar-refractivity contribution in [2.75, 3.05) is 5.32 Å². The fraction of sp³-hybridized carbons (Fsp3) is 0.172. The predicted molar refractivity (Wildman–Crippen MR) is 153 cm³/mol. The molecule has 0 spiro atoms. The number of carbonyl (C=O) groups excluding carboxylic acids is 1. The van der Waals surface area contributed by atoms with Crippen LogP contribution in [0, 0.1) is 11.8 Å². The molecule has 1 atom stereocenters. The minimum atomic E-state index is -0.112. The second kappa shape index (κ2) is 9.92. The number of pyridine rings is 3. The van der Waals surface area contributed by atoms with E-state index in [1.54, 1.807) is 31.0 Å². The summed E-state index contributed by atoms with van der Waals surface area (Å²) in [6, 6.07) is 11.5. The average molecular weight is 537 g/mol. The molecule has 6 rings (SSSR count). The van der Waals surface area contributed by atoms with E-state index in [0.717, 1.165) is 38.7 Å². The minimum absolute atomic E-state index is 0.0360. The van der Waals surface area contributed by atoms with Gasteiger partial charge in [0.2, 0.25) is 5.91 Å². The molecule has 0 aliphatic carbocycles. The molecule has 5 aromatic heterocycles. The molecule has 0 radical (unpaired) electrons. The van der Waals surface area contributed by atoms with Gasteiger partial charge in [0.1, 0.15) is 5.69 Å². The van der Waals surface area contributed by atoms with Gasteiger partial charge in [-0.3, -0.25) is 19.9 Å². The van der Waals surface area contributed by atoms with Gasteiger partial charge in [-0.05, 0) is 35.7 Å². The van der Waals surface area contributed by atoms with Crippen molar-refractivity contribution in [2.24, 2.45) is 11.8 Å². The largest absolute Gasteiger partial charge is 0.335 e. The Hall–Kier alpha value is -4.63. The summed E-state index contributed by atoms with van der Waals surface area (Å²) < 4.78 is 0. The van der Waals surface area contributed by atoms with Crippen molar-refractivity contribution in [1.82, 2.24) is 35.1 Å². The number of nitrogens with one attached hydrogen (secondary N) is 3. The molecule has 0 bridgehead atoms. The Morgan fingerprint density at radius 2 is 1.77 bits per heavy atom. The Bertz CT molecular complexity index is 1840. The maximum Gasteiger partial charge on any atom is 0.227 e. The summed E-state index contributed by atoms with van der Waals surface area (Å²) in [5.41, 5.74) is 6.93. The number of H-pyrrole nitrogens is 2. The topological polar surface area (TPSA) is 125 Å². The predicted octanol–water partition coefficient (Wildman–Crippen LogP) is 6.51. The van der Waals surface area contributed by atoms with Crippen molar-refractivity contribution in [3.05, 3.63) is 72.4 Å². The van der Waals surface area contributed by atoms with E-state index < -0.39 is 0 Å². The molecule has 1 aromatic carbocycles. The van der Waals surface area contributed by atoms with Crippen LogP contribution in [-0.4, -0.2) is 41.0 Å². The van der Waals surface area contributed by atoms with Gasteiger partial charge in [-0.25, -0.2) is 9.97 Å². The third-order valence-electron chi connectivity index (χ3n) is 6.93. The van der Waals surface area contributed by atoms with E-state index >= 15 is 0 Å². The summed E-state index contributed by atoms with van der Waals surface area (Å²) >= 11 is 6.23. The van der Waals surface area contributed by atoms with Gasteiger partial charge in [-0.1, -0.05) is 44.5 Å². The summed E-state index contributed by atoms with van der Waals surface area (Å²) in [6.07, 6.45) is 8.65. The Kier molecular flexibility index (Phi) is 6.28. The van der Waals surface area contributed by atoms with E-state index in [-0.39, 0.29) is 17.7 Å². The van der Waals surface area contributed by atoms with Crippen molar-refractivity contribution in [1.29, 1.82) is 0 Å². The first-order chi connectivity index (χ1) is 18.9. The van der Waals surface area contributed by atoms with Crippen LogP contribution in [0.1, 0.15) is 20.8 Å². The van der Waals surface area contributed by atoms with Crippen molar-refractivity contribution in [3.63, 3.8) is 0 Å². The molecule has 3 N–H and O–H groups in total. The first-order valence-corrected chi connectivity index (χ1v) is 13.0. The molecule has 194 valence electrons. The van der Waals surface area contributed by atoms with Crippen LogP contribution in [0.4, 0.5) is 5.69 Å². The van der Waals surface area contributed by atoms with Gasteiger partial charge in [0.25, 0.3) is 0 Å². The molecule has 0 aliphatic heterocycles. The second-order valence-corrected chi connectivity index (χ2v) is 10.3. The zero-order valence-electron chi connectivity index (χ0n) is 21.5. The van der Waals surface area contributed by atoms with Gasteiger partial charge < -0.3 is 10.3 Å². The quantitative estimate of drug-likeness (QED) is 0.223. The summed E-state index contributed by atoms with van der Waals surface area (Å²) in [4.78, 5) is 34.1. The lowest BCUT2D eigenvalue weighted by molar-refractivity contribution is -0.120. The number of rotatable bonds is 6. The van der Waals surface area contributed by atoms with Gasteiger partial charge >= 0.3 is 0 Å². The maximum absolute atomic E-state index is 12.6. The van der Waals surface area contributed by atoms with E-state index in [0.29, 0.717) is 27.9 Å². The number of amides is 1. The van der Waals surface area contributed by atoms with Gasteiger partial charge in [0.05, 0.1) is 34.5 Å². The molecular formula is C29H25ClN8O. The number of fused-ring (bicyclic) bond motifs is 2. The number of anilines is 1. The molecule has 0 fully saturated rings. The number of halogens is 1. The van der Waals surface area contributed by atoms with Crippen LogP contribution >= 0.6 is 11.6 Å². The number of hydrogen-bond donors (Lipinski definition) is 3. The molecule has 6 aromatic rings. The minimum Gasteiger partial charge on any atom is -0.335 e. The number of benzene rings is 1.